The van der Waals surface area contributed by atoms with Crippen LogP contribution in [-0.4, -0.2) is 27.4 Å². The van der Waals surface area contributed by atoms with Crippen LogP contribution in [0.15, 0.2) is 77.7 Å². The van der Waals surface area contributed by atoms with E-state index in [1.807, 2.05) is 30.3 Å². The molecule has 0 fully saturated rings. The molecular weight excluding hydrogens is 428 g/mol. The third-order valence-corrected chi connectivity index (χ3v) is 6.30. The van der Waals surface area contributed by atoms with E-state index in [-0.39, 0.29) is 29.5 Å². The number of esters is 1. The van der Waals surface area contributed by atoms with Crippen LogP contribution < -0.4 is 10.0 Å². The number of nitrogens with one attached hydrogen (secondary N) is 2. The summed E-state index contributed by atoms with van der Waals surface area (Å²) in [6.07, 6.45) is 0. The molecule has 0 aromatic heterocycles. The molecule has 0 spiro atoms. The quantitative estimate of drug-likeness (QED) is 0.511. The summed E-state index contributed by atoms with van der Waals surface area (Å²) in [6, 6.07) is 20.3. The zero-order valence-corrected chi connectivity index (χ0v) is 18.6. The van der Waals surface area contributed by atoms with Crippen molar-refractivity contribution in [2.24, 2.45) is 0 Å². The molecule has 0 saturated carbocycles. The predicted molar refractivity (Wildman–Crippen MR) is 121 cm³/mol. The van der Waals surface area contributed by atoms with Gasteiger partial charge >= 0.3 is 5.97 Å². The van der Waals surface area contributed by atoms with Crippen molar-refractivity contribution in [3.63, 3.8) is 0 Å². The summed E-state index contributed by atoms with van der Waals surface area (Å²) >= 11 is 0. The monoisotopic (exact) mass is 452 g/mol. The van der Waals surface area contributed by atoms with E-state index < -0.39 is 16.0 Å². The molecule has 8 heteroatoms. The molecule has 0 radical (unpaired) electrons. The lowest BCUT2D eigenvalue weighted by Gasteiger charge is -2.12. The van der Waals surface area contributed by atoms with E-state index in [1.54, 1.807) is 37.3 Å². The number of ether oxygens (including phenoxy) is 1. The van der Waals surface area contributed by atoms with Crippen molar-refractivity contribution in [1.82, 2.24) is 10.0 Å². The first-order chi connectivity index (χ1) is 15.3. The number of aryl methyl sites for hydroxylation is 1. The Morgan fingerprint density at radius 2 is 1.53 bits per heavy atom. The van der Waals surface area contributed by atoms with Gasteiger partial charge in [0.1, 0.15) is 0 Å². The van der Waals surface area contributed by atoms with Crippen LogP contribution in [0.5, 0.6) is 0 Å². The largest absolute Gasteiger partial charge is 0.465 e. The summed E-state index contributed by atoms with van der Waals surface area (Å²) in [7, 11) is -2.48. The Hall–Kier alpha value is -3.49. The summed E-state index contributed by atoms with van der Waals surface area (Å²) < 4.78 is 32.6. The standard InChI is InChI=1S/C24H24N2O5S/c1-17-8-13-21(32(29,30)26-16-18-6-4-3-5-7-18)14-22(17)23(27)25-15-19-9-11-20(12-10-19)24(28)31-2/h3-14,26H,15-16H2,1-2H3,(H,25,27). The highest BCUT2D eigenvalue weighted by molar-refractivity contribution is 7.89. The number of hydrogen-bond acceptors (Lipinski definition) is 5. The Balaban J connectivity index is 1.69. The number of rotatable bonds is 8. The first-order valence-corrected chi connectivity index (χ1v) is 11.4. The number of amides is 1. The van der Waals surface area contributed by atoms with E-state index in [0.29, 0.717) is 11.1 Å². The maximum Gasteiger partial charge on any atom is 0.337 e. The number of benzene rings is 3. The first-order valence-electron chi connectivity index (χ1n) is 9.90. The van der Waals surface area contributed by atoms with Crippen molar-refractivity contribution in [2.45, 2.75) is 24.9 Å². The topological polar surface area (TPSA) is 102 Å². The minimum atomic E-state index is -3.79. The van der Waals surface area contributed by atoms with Crippen molar-refractivity contribution in [3.05, 3.63) is 101 Å². The van der Waals surface area contributed by atoms with Gasteiger partial charge in [-0.05, 0) is 47.9 Å². The second-order valence-corrected chi connectivity index (χ2v) is 8.93. The molecule has 3 aromatic rings. The summed E-state index contributed by atoms with van der Waals surface area (Å²) in [5.74, 6) is -0.824. The van der Waals surface area contributed by atoms with E-state index in [9.17, 15) is 18.0 Å². The van der Waals surface area contributed by atoms with E-state index in [4.69, 9.17) is 0 Å². The van der Waals surface area contributed by atoms with Gasteiger partial charge in [0.05, 0.1) is 17.6 Å². The van der Waals surface area contributed by atoms with Gasteiger partial charge in [0, 0.05) is 18.7 Å². The molecule has 0 heterocycles. The maximum absolute atomic E-state index is 12.7. The molecule has 0 atom stereocenters. The summed E-state index contributed by atoms with van der Waals surface area (Å²) in [5, 5.41) is 2.78. The molecule has 32 heavy (non-hydrogen) atoms. The molecule has 0 aliphatic rings. The lowest BCUT2D eigenvalue weighted by Crippen LogP contribution is -2.26. The van der Waals surface area contributed by atoms with Crippen LogP contribution in [0, 0.1) is 6.92 Å². The normalized spacial score (nSPS) is 11.1. The molecule has 3 aromatic carbocycles. The average molecular weight is 453 g/mol. The van der Waals surface area contributed by atoms with E-state index in [1.165, 1.54) is 19.2 Å². The summed E-state index contributed by atoms with van der Waals surface area (Å²) in [6.45, 7) is 2.12. The van der Waals surface area contributed by atoms with Gasteiger partial charge in [-0.1, -0.05) is 48.5 Å². The number of carbonyl (C=O) groups excluding carboxylic acids is 2. The van der Waals surface area contributed by atoms with Crippen LogP contribution in [0.3, 0.4) is 0 Å². The molecular formula is C24H24N2O5S. The Morgan fingerprint density at radius 3 is 2.19 bits per heavy atom. The highest BCUT2D eigenvalue weighted by Gasteiger charge is 2.18. The van der Waals surface area contributed by atoms with Crippen molar-refractivity contribution in [1.29, 1.82) is 0 Å². The maximum atomic E-state index is 12.7. The third-order valence-electron chi connectivity index (χ3n) is 4.90. The van der Waals surface area contributed by atoms with Crippen molar-refractivity contribution in [3.8, 4) is 0 Å². The molecule has 1 amide bonds. The molecule has 0 aliphatic carbocycles. The number of carbonyl (C=O) groups is 2. The smallest absolute Gasteiger partial charge is 0.337 e. The zero-order chi connectivity index (χ0) is 23.1. The fourth-order valence-corrected chi connectivity index (χ4v) is 4.07. The number of hydrogen-bond donors (Lipinski definition) is 2. The van der Waals surface area contributed by atoms with Crippen LogP contribution >= 0.6 is 0 Å². The van der Waals surface area contributed by atoms with Gasteiger partial charge in [-0.3, -0.25) is 4.79 Å². The zero-order valence-electron chi connectivity index (χ0n) is 17.8. The van der Waals surface area contributed by atoms with E-state index in [0.717, 1.165) is 11.1 Å². The SMILES string of the molecule is COC(=O)c1ccc(CNC(=O)c2cc(S(=O)(=O)NCc3ccccc3)ccc2C)cc1. The summed E-state index contributed by atoms with van der Waals surface area (Å²) in [4.78, 5) is 24.2. The van der Waals surface area contributed by atoms with E-state index in [2.05, 4.69) is 14.8 Å². The second-order valence-electron chi connectivity index (χ2n) is 7.16. The van der Waals surface area contributed by atoms with Gasteiger partial charge in [0.25, 0.3) is 5.91 Å². The minimum Gasteiger partial charge on any atom is -0.465 e. The third kappa shape index (κ3) is 5.81. The fraction of sp³-hybridized carbons (Fsp3) is 0.167. The van der Waals surface area contributed by atoms with Gasteiger partial charge in [-0.15, -0.1) is 0 Å². The summed E-state index contributed by atoms with van der Waals surface area (Å²) in [5.41, 5.74) is 2.97. The molecule has 0 aliphatic heterocycles. The van der Waals surface area contributed by atoms with Crippen LogP contribution in [0.1, 0.15) is 37.4 Å². The molecule has 166 valence electrons. The molecule has 0 saturated heterocycles. The number of sulfonamides is 1. The minimum absolute atomic E-state index is 0.0200. The van der Waals surface area contributed by atoms with Crippen molar-refractivity contribution in [2.75, 3.05) is 7.11 Å². The molecule has 7 nitrogen and oxygen atoms in total. The van der Waals surface area contributed by atoms with Crippen LogP contribution in [0.4, 0.5) is 0 Å². The van der Waals surface area contributed by atoms with Gasteiger partial charge in [-0.25, -0.2) is 17.9 Å². The van der Waals surface area contributed by atoms with Gasteiger partial charge in [-0.2, -0.15) is 0 Å². The Bertz CT molecular complexity index is 1210. The van der Waals surface area contributed by atoms with Gasteiger partial charge in [0.2, 0.25) is 10.0 Å². The van der Waals surface area contributed by atoms with Crippen LogP contribution in [-0.2, 0) is 27.8 Å². The van der Waals surface area contributed by atoms with Gasteiger partial charge < -0.3 is 10.1 Å². The average Bonchev–Trinajstić information content (AvgIpc) is 2.82. The molecule has 0 bridgehead atoms. The predicted octanol–water partition coefficient (Wildman–Crippen LogP) is 3.19. The van der Waals surface area contributed by atoms with Crippen LogP contribution in [0.2, 0.25) is 0 Å². The lowest BCUT2D eigenvalue weighted by molar-refractivity contribution is 0.0600. The van der Waals surface area contributed by atoms with Gasteiger partial charge in [0.15, 0.2) is 0 Å². The first kappa shape index (κ1) is 23.2. The second kappa shape index (κ2) is 10.2. The fourth-order valence-electron chi connectivity index (χ4n) is 3.02. The Kier molecular flexibility index (Phi) is 7.40. The molecule has 0 unspecified atom stereocenters. The lowest BCUT2D eigenvalue weighted by atomic mass is 10.1. The number of methoxy groups -OCH3 is 1. The van der Waals surface area contributed by atoms with E-state index >= 15 is 0 Å². The van der Waals surface area contributed by atoms with Crippen LogP contribution in [0.25, 0.3) is 0 Å². The van der Waals surface area contributed by atoms with Crippen molar-refractivity contribution >= 4 is 21.9 Å². The Labute approximate surface area is 187 Å². The molecule has 3 rings (SSSR count). The highest BCUT2D eigenvalue weighted by atomic mass is 32.2. The highest BCUT2D eigenvalue weighted by Crippen LogP contribution is 2.17. The Morgan fingerprint density at radius 1 is 0.875 bits per heavy atom. The molecule has 2 N–H and O–H groups in total. The van der Waals surface area contributed by atoms with Crippen molar-refractivity contribution < 1.29 is 22.7 Å².